The Hall–Kier alpha value is -1.90. The van der Waals surface area contributed by atoms with Gasteiger partial charge in [-0.2, -0.15) is 0 Å². The molecule has 1 atom stereocenters. The zero-order valence-corrected chi connectivity index (χ0v) is 12.2. The summed E-state index contributed by atoms with van der Waals surface area (Å²) in [6, 6.07) is 7.75. The van der Waals surface area contributed by atoms with Gasteiger partial charge in [0.25, 0.3) is 0 Å². The third-order valence-electron chi connectivity index (χ3n) is 3.67. The average molecular weight is 272 g/mol. The molecular weight excluding hydrogens is 248 g/mol. The van der Waals surface area contributed by atoms with Crippen molar-refractivity contribution >= 4 is 5.78 Å². The van der Waals surface area contributed by atoms with Crippen molar-refractivity contribution in [1.82, 2.24) is 9.97 Å². The lowest BCUT2D eigenvalue weighted by Crippen LogP contribution is -2.05. The second kappa shape index (κ2) is 7.04. The van der Waals surface area contributed by atoms with E-state index in [9.17, 15) is 4.79 Å². The highest BCUT2D eigenvalue weighted by Gasteiger charge is 2.14. The first-order chi connectivity index (χ1) is 9.74. The van der Waals surface area contributed by atoms with E-state index in [2.05, 4.69) is 29.9 Å². The number of carbonyl (C=O) groups excluding carboxylic acids is 1. The van der Waals surface area contributed by atoms with E-state index in [1.807, 2.05) is 18.2 Å². The molecule has 3 nitrogen and oxygen atoms in total. The molecule has 0 saturated heterocycles. The van der Waals surface area contributed by atoms with Crippen LogP contribution < -0.4 is 0 Å². The maximum absolute atomic E-state index is 12.2. The van der Waals surface area contributed by atoms with Crippen LogP contribution in [0.3, 0.4) is 0 Å². The number of nitrogens with one attached hydrogen (secondary N) is 1. The molecule has 0 bridgehead atoms. The fourth-order valence-corrected chi connectivity index (χ4v) is 2.52. The molecule has 20 heavy (non-hydrogen) atoms. The fraction of sp³-hybridized carbons (Fsp3) is 0.412. The Morgan fingerprint density at radius 1 is 1.35 bits per heavy atom. The van der Waals surface area contributed by atoms with Crippen LogP contribution in [-0.2, 0) is 6.42 Å². The second-order valence-electron chi connectivity index (χ2n) is 5.18. The highest BCUT2D eigenvalue weighted by atomic mass is 16.1. The number of nitrogens with zero attached hydrogens (tertiary/aromatic N) is 1. The van der Waals surface area contributed by atoms with Crippen molar-refractivity contribution < 1.29 is 6.22 Å². The third-order valence-corrected chi connectivity index (χ3v) is 3.67. The van der Waals surface area contributed by atoms with E-state index >= 15 is 0 Å². The Morgan fingerprint density at radius 3 is 2.85 bits per heavy atom. The van der Waals surface area contributed by atoms with Crippen LogP contribution in [-0.4, -0.2) is 15.8 Å². The molecule has 0 fully saturated rings. The average Bonchev–Trinajstić information content (AvgIpc) is 2.95. The zero-order valence-electron chi connectivity index (χ0n) is 12.2. The Kier molecular flexibility index (Phi) is 5.10. The molecule has 3 heteroatoms. The van der Waals surface area contributed by atoms with Crippen LogP contribution in [0.15, 0.2) is 36.7 Å². The second-order valence-corrected chi connectivity index (χ2v) is 5.18. The predicted octanol–water partition coefficient (Wildman–Crippen LogP) is 4.37. The van der Waals surface area contributed by atoms with Gasteiger partial charge in [0.15, 0.2) is 5.78 Å². The largest absolute Gasteiger partial charge is 0.356 e. The Balaban J connectivity index is 0.00000220. The number of aromatic nitrogens is 2. The molecule has 0 amide bonds. The molecule has 0 aliphatic heterocycles. The van der Waals surface area contributed by atoms with Gasteiger partial charge in [-0.3, -0.25) is 9.78 Å². The van der Waals surface area contributed by atoms with Crippen LogP contribution in [0.1, 0.15) is 62.2 Å². The summed E-state index contributed by atoms with van der Waals surface area (Å²) in [5.74, 6) is 0.649. The van der Waals surface area contributed by atoms with Gasteiger partial charge in [-0.05, 0) is 42.5 Å². The van der Waals surface area contributed by atoms with E-state index in [4.69, 9.17) is 0 Å². The van der Waals surface area contributed by atoms with Crippen LogP contribution >= 0.6 is 0 Å². The fourth-order valence-electron chi connectivity index (χ4n) is 2.52. The summed E-state index contributed by atoms with van der Waals surface area (Å²) in [6.07, 6.45) is 7.29. The van der Waals surface area contributed by atoms with Gasteiger partial charge in [-0.25, -0.2) is 0 Å². The molecule has 1 N–H and O–H groups in total. The van der Waals surface area contributed by atoms with Gasteiger partial charge in [0, 0.05) is 25.9 Å². The van der Waals surface area contributed by atoms with Crippen molar-refractivity contribution in [3.8, 4) is 0 Å². The number of carbonyl (C=O) groups is 1. The number of H-pyrrole nitrogens is 1. The van der Waals surface area contributed by atoms with Crippen molar-refractivity contribution in [1.29, 1.82) is 0 Å². The lowest BCUT2D eigenvalue weighted by atomic mass is 9.97. The van der Waals surface area contributed by atoms with Crippen molar-refractivity contribution in [2.24, 2.45) is 0 Å². The summed E-state index contributed by atoms with van der Waals surface area (Å²) in [5, 5.41) is 0. The number of pyridine rings is 1. The van der Waals surface area contributed by atoms with Crippen LogP contribution in [0.2, 0.25) is 0 Å². The van der Waals surface area contributed by atoms with Crippen LogP contribution in [0.25, 0.3) is 0 Å². The van der Waals surface area contributed by atoms with Crippen LogP contribution in [0.5, 0.6) is 0 Å². The van der Waals surface area contributed by atoms with Gasteiger partial charge in [0.2, 0.25) is 0 Å². The molecule has 0 aromatic carbocycles. The van der Waals surface area contributed by atoms with Crippen molar-refractivity contribution in [3.05, 3.63) is 53.6 Å². The molecular formula is C17H24N2O. The van der Waals surface area contributed by atoms with E-state index in [1.165, 1.54) is 5.69 Å². The Bertz CT molecular complexity index is 551. The molecule has 0 aliphatic carbocycles. The first kappa shape index (κ1) is 14.5. The highest BCUT2D eigenvalue weighted by Crippen LogP contribution is 2.24. The van der Waals surface area contributed by atoms with E-state index in [1.54, 1.807) is 12.4 Å². The number of ketones is 1. The normalized spacial score (nSPS) is 12.3. The first-order valence-electron chi connectivity index (χ1n) is 7.35. The Labute approximate surface area is 121 Å². The summed E-state index contributed by atoms with van der Waals surface area (Å²) in [6.45, 7) is 4.39. The molecule has 0 saturated carbocycles. The van der Waals surface area contributed by atoms with Gasteiger partial charge in [-0.15, -0.1) is 0 Å². The monoisotopic (exact) mass is 272 g/mol. The third kappa shape index (κ3) is 3.56. The van der Waals surface area contributed by atoms with Gasteiger partial charge < -0.3 is 4.98 Å². The molecule has 0 radical (unpaired) electrons. The van der Waals surface area contributed by atoms with Gasteiger partial charge in [0.1, 0.15) is 0 Å². The maximum Gasteiger partial charge on any atom is 0.183 e. The number of hydrogen-bond acceptors (Lipinski definition) is 2. The molecule has 2 aromatic heterocycles. The van der Waals surface area contributed by atoms with Gasteiger partial charge >= 0.3 is 0 Å². The van der Waals surface area contributed by atoms with Crippen molar-refractivity contribution in [2.45, 2.75) is 45.4 Å². The predicted molar refractivity (Wildman–Crippen MR) is 83.1 cm³/mol. The quantitative estimate of drug-likeness (QED) is 0.760. The van der Waals surface area contributed by atoms with Crippen LogP contribution in [0.4, 0.5) is 0 Å². The van der Waals surface area contributed by atoms with E-state index in [-0.39, 0.29) is 7.21 Å². The van der Waals surface area contributed by atoms with E-state index in [0.717, 1.165) is 24.8 Å². The molecule has 2 rings (SSSR count). The highest BCUT2D eigenvalue weighted by molar-refractivity contribution is 5.95. The molecule has 2 heterocycles. The SMILES string of the molecule is CCCC(CC)c1ccc(C(=O)Cc2cccnc2)[nH]1.[HH]. The first-order valence-corrected chi connectivity index (χ1v) is 7.35. The van der Waals surface area contributed by atoms with Crippen molar-refractivity contribution in [3.63, 3.8) is 0 Å². The molecule has 108 valence electrons. The Morgan fingerprint density at radius 2 is 2.20 bits per heavy atom. The minimum Gasteiger partial charge on any atom is -0.356 e. The minimum absolute atomic E-state index is 0. The summed E-state index contributed by atoms with van der Waals surface area (Å²) in [7, 11) is 0. The maximum atomic E-state index is 12.2. The van der Waals surface area contributed by atoms with Gasteiger partial charge in [-0.1, -0.05) is 26.3 Å². The summed E-state index contributed by atoms with van der Waals surface area (Å²) in [5.41, 5.74) is 2.84. The number of rotatable bonds is 7. The smallest absolute Gasteiger partial charge is 0.183 e. The van der Waals surface area contributed by atoms with E-state index < -0.39 is 0 Å². The number of aromatic amines is 1. The lowest BCUT2D eigenvalue weighted by molar-refractivity contribution is 0.0988. The molecule has 2 aromatic rings. The molecule has 0 aliphatic rings. The summed E-state index contributed by atoms with van der Waals surface area (Å²) < 4.78 is 0. The molecule has 1 unspecified atom stereocenters. The van der Waals surface area contributed by atoms with E-state index in [0.29, 0.717) is 18.0 Å². The standard InChI is InChI=1S/C17H22N2O.H2/c1-3-6-14(4-2)15-8-9-16(19-15)17(20)11-13-7-5-10-18-12-13;/h5,7-10,12,14,19H,3-4,6,11H2,1-2H3;1H. The number of hydrogen-bond donors (Lipinski definition) is 1. The lowest BCUT2D eigenvalue weighted by Gasteiger charge is -2.11. The van der Waals surface area contributed by atoms with Gasteiger partial charge in [0.05, 0.1) is 5.69 Å². The summed E-state index contributed by atoms with van der Waals surface area (Å²) >= 11 is 0. The molecule has 0 spiro atoms. The zero-order chi connectivity index (χ0) is 14.4. The topological polar surface area (TPSA) is 45.8 Å². The summed E-state index contributed by atoms with van der Waals surface area (Å²) in [4.78, 5) is 19.6. The number of Topliss-reactive ketones (excluding diaryl/α,β-unsaturated/α-hetero) is 1. The van der Waals surface area contributed by atoms with Crippen molar-refractivity contribution in [2.75, 3.05) is 0 Å². The minimum atomic E-state index is 0. The van der Waals surface area contributed by atoms with Crippen LogP contribution in [0, 0.1) is 0 Å².